The smallest absolute Gasteiger partial charge is 0.262 e. The molecule has 0 aliphatic carbocycles. The predicted octanol–water partition coefficient (Wildman–Crippen LogP) is 3.83. The number of aromatic hydroxyl groups is 1. The van der Waals surface area contributed by atoms with Crippen LogP contribution in [-0.4, -0.2) is 20.2 Å². The Bertz CT molecular complexity index is 786. The number of aryl methyl sites for hydroxylation is 1. The minimum atomic E-state index is 0.0962. The third-order valence-corrected chi connectivity index (χ3v) is 3.63. The monoisotopic (exact) mass is 345 g/mol. The third-order valence-electron chi connectivity index (χ3n) is 3.14. The van der Waals surface area contributed by atoms with Gasteiger partial charge in [-0.2, -0.15) is 4.98 Å². The van der Waals surface area contributed by atoms with Crippen LogP contribution in [0.25, 0.3) is 22.8 Å². The van der Waals surface area contributed by atoms with Crippen LogP contribution >= 0.6 is 15.9 Å². The molecule has 6 heteroatoms. The summed E-state index contributed by atoms with van der Waals surface area (Å²) in [5.74, 6) is 0.866. The highest BCUT2D eigenvalue weighted by Crippen LogP contribution is 2.32. The highest BCUT2D eigenvalue weighted by Gasteiger charge is 2.16. The minimum absolute atomic E-state index is 0.0962. The Balaban J connectivity index is 2.06. The number of hydrogen-bond acceptors (Lipinski definition) is 5. The molecule has 0 aliphatic rings. The Hall–Kier alpha value is -2.21. The summed E-state index contributed by atoms with van der Waals surface area (Å²) < 4.78 is 6.11. The van der Waals surface area contributed by atoms with Gasteiger partial charge in [0, 0.05) is 22.4 Å². The fourth-order valence-corrected chi connectivity index (χ4v) is 2.41. The number of halogens is 1. The Morgan fingerprint density at radius 2 is 2.10 bits per heavy atom. The lowest BCUT2D eigenvalue weighted by Gasteiger charge is -2.01. The molecular formula is C15H12BrN3O2. The molecule has 1 aromatic carbocycles. The van der Waals surface area contributed by atoms with E-state index in [0.29, 0.717) is 11.4 Å². The highest BCUT2D eigenvalue weighted by molar-refractivity contribution is 9.10. The Morgan fingerprint density at radius 1 is 1.24 bits per heavy atom. The number of rotatable bonds is 3. The van der Waals surface area contributed by atoms with Gasteiger partial charge in [-0.1, -0.05) is 28.0 Å². The summed E-state index contributed by atoms with van der Waals surface area (Å²) in [5, 5.41) is 13.9. The molecule has 106 valence electrons. The van der Waals surface area contributed by atoms with Crippen molar-refractivity contribution in [3.63, 3.8) is 0 Å². The largest absolute Gasteiger partial charge is 0.507 e. The van der Waals surface area contributed by atoms with Crippen LogP contribution in [0.1, 0.15) is 12.5 Å². The number of phenolic OH excluding ortho intramolecular Hbond substituents is 1. The second kappa shape index (κ2) is 5.65. The SMILES string of the molecule is CCc1cnccc1-c1noc(-c2cc(Br)ccc2O)n1. The van der Waals surface area contributed by atoms with Gasteiger partial charge in [-0.25, -0.2) is 0 Å². The standard InChI is InChI=1S/C15H12BrN3O2/c1-2-9-8-17-6-5-11(9)14-18-15(21-19-14)12-7-10(16)3-4-13(12)20/h3-8,20H,2H2,1H3. The highest BCUT2D eigenvalue weighted by atomic mass is 79.9. The molecule has 0 bridgehead atoms. The van der Waals surface area contributed by atoms with Gasteiger partial charge < -0.3 is 9.63 Å². The summed E-state index contributed by atoms with van der Waals surface area (Å²) in [6, 6.07) is 6.91. The van der Waals surface area contributed by atoms with E-state index in [2.05, 4.69) is 31.1 Å². The van der Waals surface area contributed by atoms with Crippen molar-refractivity contribution >= 4 is 15.9 Å². The topological polar surface area (TPSA) is 72.0 Å². The van der Waals surface area contributed by atoms with Crippen molar-refractivity contribution in [2.24, 2.45) is 0 Å². The van der Waals surface area contributed by atoms with E-state index in [1.807, 2.05) is 13.0 Å². The van der Waals surface area contributed by atoms with Gasteiger partial charge in [-0.15, -0.1) is 0 Å². The van der Waals surface area contributed by atoms with E-state index in [4.69, 9.17) is 4.52 Å². The summed E-state index contributed by atoms with van der Waals surface area (Å²) in [4.78, 5) is 8.47. The van der Waals surface area contributed by atoms with Crippen LogP contribution in [0.4, 0.5) is 0 Å². The first-order valence-electron chi connectivity index (χ1n) is 6.45. The van der Waals surface area contributed by atoms with Crippen molar-refractivity contribution in [2.45, 2.75) is 13.3 Å². The van der Waals surface area contributed by atoms with Crippen LogP contribution in [0.15, 0.2) is 45.7 Å². The molecule has 0 radical (unpaired) electrons. The van der Waals surface area contributed by atoms with Crippen molar-refractivity contribution < 1.29 is 9.63 Å². The molecule has 0 amide bonds. The maximum Gasteiger partial charge on any atom is 0.262 e. The van der Waals surface area contributed by atoms with Crippen molar-refractivity contribution in [3.8, 4) is 28.6 Å². The molecule has 0 saturated carbocycles. The molecular weight excluding hydrogens is 334 g/mol. The van der Waals surface area contributed by atoms with E-state index in [0.717, 1.165) is 22.0 Å². The van der Waals surface area contributed by atoms with Crippen LogP contribution in [0.3, 0.4) is 0 Å². The minimum Gasteiger partial charge on any atom is -0.507 e. The molecule has 5 nitrogen and oxygen atoms in total. The fraction of sp³-hybridized carbons (Fsp3) is 0.133. The van der Waals surface area contributed by atoms with Gasteiger partial charge in [-0.3, -0.25) is 4.98 Å². The normalized spacial score (nSPS) is 10.8. The number of benzene rings is 1. The van der Waals surface area contributed by atoms with Gasteiger partial charge >= 0.3 is 0 Å². The lowest BCUT2D eigenvalue weighted by molar-refractivity contribution is 0.425. The van der Waals surface area contributed by atoms with Crippen LogP contribution < -0.4 is 0 Å². The number of phenols is 1. The summed E-state index contributed by atoms with van der Waals surface area (Å²) in [6.45, 7) is 2.04. The van der Waals surface area contributed by atoms with E-state index < -0.39 is 0 Å². The molecule has 0 fully saturated rings. The summed E-state index contributed by atoms with van der Waals surface area (Å²) in [6.07, 6.45) is 4.32. The molecule has 3 rings (SSSR count). The van der Waals surface area contributed by atoms with Crippen LogP contribution in [0.2, 0.25) is 0 Å². The molecule has 2 heterocycles. The maximum absolute atomic E-state index is 9.91. The predicted molar refractivity (Wildman–Crippen MR) is 81.7 cm³/mol. The van der Waals surface area contributed by atoms with E-state index >= 15 is 0 Å². The molecule has 2 aromatic heterocycles. The Morgan fingerprint density at radius 3 is 2.90 bits per heavy atom. The first-order valence-corrected chi connectivity index (χ1v) is 7.24. The van der Waals surface area contributed by atoms with E-state index in [-0.39, 0.29) is 11.6 Å². The molecule has 0 saturated heterocycles. The zero-order valence-corrected chi connectivity index (χ0v) is 12.8. The molecule has 3 aromatic rings. The van der Waals surface area contributed by atoms with Crippen molar-refractivity contribution in [2.75, 3.05) is 0 Å². The number of aromatic nitrogens is 3. The van der Waals surface area contributed by atoms with E-state index in [1.54, 1.807) is 30.6 Å². The quantitative estimate of drug-likeness (QED) is 0.780. The lowest BCUT2D eigenvalue weighted by atomic mass is 10.1. The summed E-state index contributed by atoms with van der Waals surface area (Å²) in [7, 11) is 0. The van der Waals surface area contributed by atoms with Crippen LogP contribution in [0, 0.1) is 0 Å². The van der Waals surface area contributed by atoms with E-state index in [9.17, 15) is 5.11 Å². The second-order valence-corrected chi connectivity index (χ2v) is 5.39. The molecule has 0 spiro atoms. The fourth-order valence-electron chi connectivity index (χ4n) is 2.05. The van der Waals surface area contributed by atoms with Crippen LogP contribution in [-0.2, 0) is 6.42 Å². The average Bonchev–Trinajstić information content (AvgIpc) is 2.99. The van der Waals surface area contributed by atoms with E-state index in [1.165, 1.54) is 0 Å². The Kier molecular flexibility index (Phi) is 3.70. The van der Waals surface area contributed by atoms with Crippen LogP contribution in [0.5, 0.6) is 5.75 Å². The maximum atomic E-state index is 9.91. The molecule has 0 unspecified atom stereocenters. The van der Waals surface area contributed by atoms with Gasteiger partial charge in [0.05, 0.1) is 5.56 Å². The molecule has 1 N–H and O–H groups in total. The van der Waals surface area contributed by atoms with Crippen molar-refractivity contribution in [3.05, 3.63) is 46.7 Å². The first kappa shape index (κ1) is 13.8. The van der Waals surface area contributed by atoms with Gasteiger partial charge in [0.2, 0.25) is 5.82 Å². The van der Waals surface area contributed by atoms with Crippen molar-refractivity contribution in [1.29, 1.82) is 0 Å². The van der Waals surface area contributed by atoms with Crippen molar-refractivity contribution in [1.82, 2.24) is 15.1 Å². The number of nitrogens with zero attached hydrogens (tertiary/aromatic N) is 3. The van der Waals surface area contributed by atoms with Gasteiger partial charge in [0.15, 0.2) is 0 Å². The second-order valence-electron chi connectivity index (χ2n) is 4.47. The zero-order valence-electron chi connectivity index (χ0n) is 11.2. The van der Waals surface area contributed by atoms with Gasteiger partial charge in [0.25, 0.3) is 5.89 Å². The first-order chi connectivity index (χ1) is 10.2. The molecule has 21 heavy (non-hydrogen) atoms. The number of hydrogen-bond donors (Lipinski definition) is 1. The summed E-state index contributed by atoms with van der Waals surface area (Å²) >= 11 is 3.36. The molecule has 0 atom stereocenters. The molecule has 0 aliphatic heterocycles. The summed E-state index contributed by atoms with van der Waals surface area (Å²) in [5.41, 5.74) is 2.43. The zero-order chi connectivity index (χ0) is 14.8. The third kappa shape index (κ3) is 2.67. The lowest BCUT2D eigenvalue weighted by Crippen LogP contribution is -1.90. The average molecular weight is 346 g/mol. The van der Waals surface area contributed by atoms with Gasteiger partial charge in [-0.05, 0) is 36.2 Å². The van der Waals surface area contributed by atoms with Gasteiger partial charge in [0.1, 0.15) is 5.75 Å². The Labute approximate surface area is 129 Å². The number of pyridine rings is 1.